The van der Waals surface area contributed by atoms with Gasteiger partial charge in [-0.05, 0) is 24.3 Å². The van der Waals surface area contributed by atoms with Gasteiger partial charge in [-0.15, -0.1) is 0 Å². The molecule has 0 N–H and O–H groups in total. The zero-order valence-corrected chi connectivity index (χ0v) is 13.2. The molecule has 0 spiro atoms. The number of nitrogens with zero attached hydrogens (tertiary/aromatic N) is 2. The summed E-state index contributed by atoms with van der Waals surface area (Å²) in [6, 6.07) is 14.9. The number of rotatable bonds is 7. The zero-order valence-electron chi connectivity index (χ0n) is 13.2. The van der Waals surface area contributed by atoms with E-state index in [4.69, 9.17) is 14.7 Å². The predicted molar refractivity (Wildman–Crippen MR) is 87.5 cm³/mol. The molecular formula is C18H17FN2O3. The van der Waals surface area contributed by atoms with Crippen molar-refractivity contribution >= 4 is 11.6 Å². The van der Waals surface area contributed by atoms with Crippen LogP contribution in [0.1, 0.15) is 6.42 Å². The smallest absolute Gasteiger partial charge is 0.265 e. The van der Waals surface area contributed by atoms with Crippen LogP contribution in [0.3, 0.4) is 0 Å². The first-order valence-electron chi connectivity index (χ1n) is 7.35. The van der Waals surface area contributed by atoms with E-state index in [9.17, 15) is 9.18 Å². The van der Waals surface area contributed by atoms with Gasteiger partial charge in [-0.25, -0.2) is 4.39 Å². The molecule has 0 heterocycles. The number of benzene rings is 2. The maximum absolute atomic E-state index is 13.6. The molecule has 0 radical (unpaired) electrons. The van der Waals surface area contributed by atoms with Gasteiger partial charge in [0.25, 0.3) is 5.91 Å². The van der Waals surface area contributed by atoms with Gasteiger partial charge in [0.2, 0.25) is 0 Å². The SMILES string of the molecule is COc1ccccc1N(CCC#N)C(=O)COc1ccccc1F. The second-order valence-electron chi connectivity index (χ2n) is 4.84. The second kappa shape index (κ2) is 8.53. The highest BCUT2D eigenvalue weighted by molar-refractivity contribution is 5.95. The molecule has 0 saturated heterocycles. The average molecular weight is 328 g/mol. The molecule has 0 aromatic heterocycles. The lowest BCUT2D eigenvalue weighted by molar-refractivity contribution is -0.120. The van der Waals surface area contributed by atoms with Crippen molar-refractivity contribution in [3.63, 3.8) is 0 Å². The maximum Gasteiger partial charge on any atom is 0.265 e. The first-order chi connectivity index (χ1) is 11.7. The summed E-state index contributed by atoms with van der Waals surface area (Å²) in [5.41, 5.74) is 0.539. The molecule has 0 saturated carbocycles. The van der Waals surface area contributed by atoms with Crippen LogP contribution in [0, 0.1) is 17.1 Å². The van der Waals surface area contributed by atoms with Crippen molar-refractivity contribution in [3.8, 4) is 17.6 Å². The third-order valence-electron chi connectivity index (χ3n) is 3.31. The van der Waals surface area contributed by atoms with E-state index in [2.05, 4.69) is 0 Å². The van der Waals surface area contributed by atoms with Crippen molar-refractivity contribution in [2.45, 2.75) is 6.42 Å². The molecule has 124 valence electrons. The Bertz CT molecular complexity index is 743. The van der Waals surface area contributed by atoms with Crippen LogP contribution in [0.4, 0.5) is 10.1 Å². The van der Waals surface area contributed by atoms with E-state index in [0.717, 1.165) is 0 Å². The topological polar surface area (TPSA) is 62.6 Å². The molecular weight excluding hydrogens is 311 g/mol. The third-order valence-corrected chi connectivity index (χ3v) is 3.31. The zero-order chi connectivity index (χ0) is 17.4. The number of halogens is 1. The first kappa shape index (κ1) is 17.3. The highest BCUT2D eigenvalue weighted by atomic mass is 19.1. The number of ether oxygens (including phenoxy) is 2. The molecule has 0 bridgehead atoms. The van der Waals surface area contributed by atoms with E-state index in [1.807, 2.05) is 6.07 Å². The fourth-order valence-electron chi connectivity index (χ4n) is 2.17. The van der Waals surface area contributed by atoms with E-state index in [1.54, 1.807) is 30.3 Å². The van der Waals surface area contributed by atoms with Crippen molar-refractivity contribution in [2.75, 3.05) is 25.2 Å². The molecule has 1 amide bonds. The maximum atomic E-state index is 13.6. The van der Waals surface area contributed by atoms with Gasteiger partial charge in [-0.1, -0.05) is 24.3 Å². The lowest BCUT2D eigenvalue weighted by atomic mass is 10.2. The molecule has 0 aliphatic carbocycles. The van der Waals surface area contributed by atoms with Crippen molar-refractivity contribution in [1.82, 2.24) is 0 Å². The quantitative estimate of drug-likeness (QED) is 0.783. The Kier molecular flexibility index (Phi) is 6.15. The monoisotopic (exact) mass is 328 g/mol. The van der Waals surface area contributed by atoms with Crippen molar-refractivity contribution in [2.24, 2.45) is 0 Å². The number of hydrogen-bond donors (Lipinski definition) is 0. The number of para-hydroxylation sites is 3. The minimum Gasteiger partial charge on any atom is -0.495 e. The van der Waals surface area contributed by atoms with Gasteiger partial charge in [-0.3, -0.25) is 4.79 Å². The van der Waals surface area contributed by atoms with Crippen LogP contribution in [0.5, 0.6) is 11.5 Å². The summed E-state index contributed by atoms with van der Waals surface area (Å²) in [6.45, 7) is -0.152. The number of carbonyl (C=O) groups is 1. The van der Waals surface area contributed by atoms with E-state index < -0.39 is 11.7 Å². The van der Waals surface area contributed by atoms with Gasteiger partial charge in [0.05, 0.1) is 25.3 Å². The molecule has 2 rings (SSSR count). The van der Waals surface area contributed by atoms with Crippen molar-refractivity contribution < 1.29 is 18.7 Å². The summed E-state index contributed by atoms with van der Waals surface area (Å²) < 4.78 is 24.1. The van der Waals surface area contributed by atoms with Crippen molar-refractivity contribution in [1.29, 1.82) is 5.26 Å². The van der Waals surface area contributed by atoms with Crippen LogP contribution in [-0.2, 0) is 4.79 Å². The Morgan fingerprint density at radius 1 is 1.17 bits per heavy atom. The van der Waals surface area contributed by atoms with Crippen LogP contribution in [0.25, 0.3) is 0 Å². The molecule has 2 aromatic rings. The predicted octanol–water partition coefficient (Wildman–Crippen LogP) is 3.16. The van der Waals surface area contributed by atoms with Gasteiger partial charge in [0.15, 0.2) is 18.2 Å². The van der Waals surface area contributed by atoms with E-state index in [1.165, 1.54) is 30.2 Å². The lowest BCUT2D eigenvalue weighted by Crippen LogP contribution is -2.36. The number of nitriles is 1. The van der Waals surface area contributed by atoms with Gasteiger partial charge >= 0.3 is 0 Å². The largest absolute Gasteiger partial charge is 0.495 e. The van der Waals surface area contributed by atoms with E-state index in [-0.39, 0.29) is 25.3 Å². The van der Waals surface area contributed by atoms with Crippen LogP contribution >= 0.6 is 0 Å². The first-order valence-corrected chi connectivity index (χ1v) is 7.35. The van der Waals surface area contributed by atoms with E-state index >= 15 is 0 Å². The van der Waals surface area contributed by atoms with Gasteiger partial charge in [0.1, 0.15) is 5.75 Å². The molecule has 0 fully saturated rings. The van der Waals surface area contributed by atoms with Gasteiger partial charge < -0.3 is 14.4 Å². The summed E-state index contributed by atoms with van der Waals surface area (Å²) in [5, 5.41) is 8.81. The minimum atomic E-state index is -0.536. The summed E-state index contributed by atoms with van der Waals surface area (Å²) in [6.07, 6.45) is 0.156. The normalized spacial score (nSPS) is 9.88. The third kappa shape index (κ3) is 4.23. The number of amides is 1. The van der Waals surface area contributed by atoms with Crippen LogP contribution in [0.2, 0.25) is 0 Å². The Morgan fingerprint density at radius 3 is 2.50 bits per heavy atom. The molecule has 6 heteroatoms. The Balaban J connectivity index is 2.16. The number of hydrogen-bond acceptors (Lipinski definition) is 4. The molecule has 5 nitrogen and oxygen atoms in total. The molecule has 0 unspecified atom stereocenters. The van der Waals surface area contributed by atoms with Crippen LogP contribution in [-0.4, -0.2) is 26.2 Å². The van der Waals surface area contributed by atoms with Crippen LogP contribution < -0.4 is 14.4 Å². The Labute approximate surface area is 139 Å². The Morgan fingerprint density at radius 2 is 1.83 bits per heavy atom. The molecule has 0 atom stereocenters. The minimum absolute atomic E-state index is 0.00566. The number of anilines is 1. The number of methoxy groups -OCH3 is 1. The molecule has 0 aliphatic rings. The Hall–Kier alpha value is -3.07. The summed E-state index contributed by atoms with van der Waals surface area (Å²) in [7, 11) is 1.50. The van der Waals surface area contributed by atoms with Gasteiger partial charge in [0, 0.05) is 6.54 Å². The second-order valence-corrected chi connectivity index (χ2v) is 4.84. The molecule has 0 aliphatic heterocycles. The number of carbonyl (C=O) groups excluding carboxylic acids is 1. The average Bonchev–Trinajstić information content (AvgIpc) is 2.61. The fourth-order valence-corrected chi connectivity index (χ4v) is 2.17. The van der Waals surface area contributed by atoms with Gasteiger partial charge in [-0.2, -0.15) is 5.26 Å². The highest BCUT2D eigenvalue weighted by Crippen LogP contribution is 2.28. The fraction of sp³-hybridized carbons (Fsp3) is 0.222. The lowest BCUT2D eigenvalue weighted by Gasteiger charge is -2.23. The van der Waals surface area contributed by atoms with Crippen molar-refractivity contribution in [3.05, 3.63) is 54.3 Å². The molecule has 2 aromatic carbocycles. The highest BCUT2D eigenvalue weighted by Gasteiger charge is 2.20. The molecule has 24 heavy (non-hydrogen) atoms. The summed E-state index contributed by atoms with van der Waals surface area (Å²) in [4.78, 5) is 13.9. The van der Waals surface area contributed by atoms with E-state index in [0.29, 0.717) is 11.4 Å². The summed E-state index contributed by atoms with van der Waals surface area (Å²) >= 11 is 0. The van der Waals surface area contributed by atoms with Crippen LogP contribution in [0.15, 0.2) is 48.5 Å². The standard InChI is InChI=1S/C18H17FN2O3/c1-23-17-10-5-3-8-15(17)21(12-6-11-20)18(22)13-24-16-9-4-2-7-14(16)19/h2-5,7-10H,6,12-13H2,1H3. The summed E-state index contributed by atoms with van der Waals surface area (Å²) in [5.74, 6) is -0.412.